The lowest BCUT2D eigenvalue weighted by Gasteiger charge is -2.45. The Kier molecular flexibility index (Phi) is 5.15. The predicted octanol–water partition coefficient (Wildman–Crippen LogP) is 5.49. The molecule has 6 heteroatoms. The second kappa shape index (κ2) is 8.39. The molecule has 0 aliphatic heterocycles. The normalized spacial score (nSPS) is 22.8. The van der Waals surface area contributed by atoms with Gasteiger partial charge in [0.2, 0.25) is 0 Å². The number of benzene rings is 2. The zero-order chi connectivity index (χ0) is 24.9. The Morgan fingerprint density at radius 1 is 1.06 bits per heavy atom. The molecular weight excluding hydrogens is 446 g/mol. The number of allylic oxidation sites excluding steroid dienone is 2. The molecule has 0 N–H and O–H groups in total. The van der Waals surface area contributed by atoms with Crippen LogP contribution in [0.15, 0.2) is 84.8 Å². The van der Waals surface area contributed by atoms with Gasteiger partial charge in [-0.2, -0.15) is 10.4 Å². The maximum Gasteiger partial charge on any atom is 0.176 e. The minimum atomic E-state index is -0.512. The van der Waals surface area contributed by atoms with Gasteiger partial charge in [0, 0.05) is 23.1 Å². The van der Waals surface area contributed by atoms with E-state index in [4.69, 9.17) is 5.10 Å². The van der Waals surface area contributed by atoms with E-state index in [0.717, 1.165) is 52.3 Å². The lowest BCUT2D eigenvalue weighted by atomic mass is 9.58. The number of nitriles is 1. The van der Waals surface area contributed by atoms with Crippen molar-refractivity contribution >= 4 is 5.78 Å². The molecule has 0 spiro atoms. The van der Waals surface area contributed by atoms with Gasteiger partial charge in [-0.05, 0) is 48.1 Å². The summed E-state index contributed by atoms with van der Waals surface area (Å²) in [4.78, 5) is 21.5. The maximum absolute atomic E-state index is 12.9. The van der Waals surface area contributed by atoms with Crippen LogP contribution in [0.5, 0.6) is 0 Å². The molecule has 2 aromatic carbocycles. The Morgan fingerprint density at radius 3 is 2.50 bits per heavy atom. The summed E-state index contributed by atoms with van der Waals surface area (Å²) < 4.78 is 2.00. The van der Waals surface area contributed by atoms with Crippen molar-refractivity contribution in [3.8, 4) is 34.3 Å². The number of carbonyl (C=O) groups is 1. The number of ketones is 1. The highest BCUT2D eigenvalue weighted by molar-refractivity contribution is 6.02. The standard InChI is InChI=1S/C30H25N5O/c1-19-25-13-12-24-27(26-14-15-32-18-33-26)34-35(29(24)30(25,2)16-22(17-31)28(19)36)23-10-8-21(9-11-23)20-6-4-3-5-7-20/h3-11,14-16,18-19,25H,12-13H2,1-2H3/t19-,25-,30-/m1/s1. The van der Waals surface area contributed by atoms with Crippen LogP contribution in [-0.2, 0) is 16.6 Å². The molecule has 36 heavy (non-hydrogen) atoms. The minimum Gasteiger partial charge on any atom is -0.293 e. The number of carbonyl (C=O) groups excluding carboxylic acids is 1. The van der Waals surface area contributed by atoms with E-state index in [1.54, 1.807) is 6.20 Å². The Morgan fingerprint density at radius 2 is 1.81 bits per heavy atom. The largest absolute Gasteiger partial charge is 0.293 e. The van der Waals surface area contributed by atoms with Crippen LogP contribution in [0.25, 0.3) is 28.2 Å². The van der Waals surface area contributed by atoms with Gasteiger partial charge in [0.05, 0.1) is 22.6 Å². The van der Waals surface area contributed by atoms with Crippen molar-refractivity contribution in [2.75, 3.05) is 0 Å². The molecule has 2 aromatic heterocycles. The summed E-state index contributed by atoms with van der Waals surface area (Å²) in [7, 11) is 0. The number of fused-ring (bicyclic) bond motifs is 3. The summed E-state index contributed by atoms with van der Waals surface area (Å²) >= 11 is 0. The number of Topliss-reactive ketones (excluding diaryl/α,β-unsaturated/α-hetero) is 1. The molecule has 6 rings (SSSR count). The molecule has 0 fully saturated rings. The van der Waals surface area contributed by atoms with Gasteiger partial charge in [-0.3, -0.25) is 4.79 Å². The van der Waals surface area contributed by atoms with E-state index in [9.17, 15) is 10.1 Å². The van der Waals surface area contributed by atoms with Gasteiger partial charge in [0.15, 0.2) is 5.78 Å². The smallest absolute Gasteiger partial charge is 0.176 e. The second-order valence-electron chi connectivity index (χ2n) is 9.85. The first-order valence-corrected chi connectivity index (χ1v) is 12.2. The fourth-order valence-corrected chi connectivity index (χ4v) is 6.10. The number of rotatable bonds is 3. The van der Waals surface area contributed by atoms with Crippen molar-refractivity contribution in [1.29, 1.82) is 5.26 Å². The number of hydrogen-bond acceptors (Lipinski definition) is 5. The Hall–Kier alpha value is -4.37. The fourth-order valence-electron chi connectivity index (χ4n) is 6.10. The molecule has 4 aromatic rings. The van der Waals surface area contributed by atoms with Crippen LogP contribution in [0.1, 0.15) is 31.5 Å². The van der Waals surface area contributed by atoms with E-state index in [-0.39, 0.29) is 23.2 Å². The van der Waals surface area contributed by atoms with E-state index < -0.39 is 5.41 Å². The molecule has 2 heterocycles. The molecule has 0 saturated carbocycles. The van der Waals surface area contributed by atoms with Crippen molar-refractivity contribution in [3.63, 3.8) is 0 Å². The molecule has 0 amide bonds. The zero-order valence-electron chi connectivity index (χ0n) is 20.2. The van der Waals surface area contributed by atoms with Crippen molar-refractivity contribution in [3.05, 3.63) is 96.1 Å². The average molecular weight is 472 g/mol. The van der Waals surface area contributed by atoms with E-state index in [1.165, 1.54) is 6.33 Å². The van der Waals surface area contributed by atoms with Crippen LogP contribution >= 0.6 is 0 Å². The summed E-state index contributed by atoms with van der Waals surface area (Å²) in [6, 6.07) is 22.7. The summed E-state index contributed by atoms with van der Waals surface area (Å²) in [6.45, 7) is 4.11. The average Bonchev–Trinajstić information content (AvgIpc) is 3.33. The second-order valence-corrected chi connectivity index (χ2v) is 9.85. The van der Waals surface area contributed by atoms with Gasteiger partial charge >= 0.3 is 0 Å². The SMILES string of the molecule is C[C@H]1C(=O)C(C#N)=C[C@@]2(C)c3c(c(-c4ccncn4)nn3-c3ccc(-c4ccccc4)cc3)CC[C@H]12. The Bertz CT molecular complexity index is 1530. The minimum absolute atomic E-state index is 0.0577. The van der Waals surface area contributed by atoms with Crippen LogP contribution < -0.4 is 0 Å². The molecular formula is C30H25N5O. The van der Waals surface area contributed by atoms with Crippen LogP contribution in [0, 0.1) is 23.2 Å². The zero-order valence-corrected chi connectivity index (χ0v) is 20.2. The number of hydrogen-bond donors (Lipinski definition) is 0. The summed E-state index contributed by atoms with van der Waals surface area (Å²) in [6.07, 6.45) is 6.80. The van der Waals surface area contributed by atoms with Crippen molar-refractivity contribution < 1.29 is 4.79 Å². The van der Waals surface area contributed by atoms with Gasteiger partial charge in [-0.25, -0.2) is 14.6 Å². The van der Waals surface area contributed by atoms with Crippen LogP contribution in [0.4, 0.5) is 0 Å². The summed E-state index contributed by atoms with van der Waals surface area (Å²) in [5.74, 6) is -0.196. The highest BCUT2D eigenvalue weighted by Crippen LogP contribution is 2.52. The van der Waals surface area contributed by atoms with E-state index in [2.05, 4.69) is 59.4 Å². The lowest BCUT2D eigenvalue weighted by Crippen LogP contribution is -2.46. The van der Waals surface area contributed by atoms with Crippen LogP contribution in [0.2, 0.25) is 0 Å². The van der Waals surface area contributed by atoms with Crippen molar-refractivity contribution in [2.45, 2.75) is 32.1 Å². The summed E-state index contributed by atoms with van der Waals surface area (Å²) in [5, 5.41) is 14.9. The lowest BCUT2D eigenvalue weighted by molar-refractivity contribution is -0.121. The fraction of sp³-hybridized carbons (Fsp3) is 0.233. The van der Waals surface area contributed by atoms with Crippen molar-refractivity contribution in [2.24, 2.45) is 11.8 Å². The third-order valence-electron chi connectivity index (χ3n) is 7.86. The van der Waals surface area contributed by atoms with E-state index in [0.29, 0.717) is 0 Å². The van der Waals surface area contributed by atoms with Crippen LogP contribution in [0.3, 0.4) is 0 Å². The molecule has 0 radical (unpaired) electrons. The predicted molar refractivity (Wildman–Crippen MR) is 137 cm³/mol. The monoisotopic (exact) mass is 471 g/mol. The quantitative estimate of drug-likeness (QED) is 0.395. The number of nitrogens with zero attached hydrogens (tertiary/aromatic N) is 5. The molecule has 0 unspecified atom stereocenters. The highest BCUT2D eigenvalue weighted by atomic mass is 16.1. The maximum atomic E-state index is 12.9. The molecule has 0 bridgehead atoms. The number of aromatic nitrogens is 4. The van der Waals surface area contributed by atoms with Gasteiger partial charge < -0.3 is 0 Å². The third kappa shape index (κ3) is 3.31. The molecule has 6 nitrogen and oxygen atoms in total. The first-order valence-electron chi connectivity index (χ1n) is 12.2. The third-order valence-corrected chi connectivity index (χ3v) is 7.86. The van der Waals surface area contributed by atoms with Gasteiger partial charge in [-0.15, -0.1) is 0 Å². The molecule has 3 atom stereocenters. The van der Waals surface area contributed by atoms with Gasteiger partial charge in [0.1, 0.15) is 18.1 Å². The molecule has 0 saturated heterocycles. The van der Waals surface area contributed by atoms with E-state index in [1.807, 2.05) is 41.9 Å². The Labute approximate surface area is 210 Å². The van der Waals surface area contributed by atoms with Crippen LogP contribution in [-0.4, -0.2) is 25.5 Å². The molecule has 2 aliphatic carbocycles. The summed E-state index contributed by atoms with van der Waals surface area (Å²) in [5.41, 5.74) is 6.70. The first kappa shape index (κ1) is 22.1. The first-order chi connectivity index (χ1) is 17.5. The van der Waals surface area contributed by atoms with Crippen molar-refractivity contribution in [1.82, 2.24) is 19.7 Å². The highest BCUT2D eigenvalue weighted by Gasteiger charge is 2.50. The van der Waals surface area contributed by atoms with Gasteiger partial charge in [-0.1, -0.05) is 62.4 Å². The van der Waals surface area contributed by atoms with Gasteiger partial charge in [0.25, 0.3) is 0 Å². The van der Waals surface area contributed by atoms with E-state index >= 15 is 0 Å². The topological polar surface area (TPSA) is 84.5 Å². The molecule has 176 valence electrons. The molecule has 2 aliphatic rings. The Balaban J connectivity index is 1.57.